The summed E-state index contributed by atoms with van der Waals surface area (Å²) in [5.74, 6) is 0. The number of hydrogen-bond acceptors (Lipinski definition) is 2. The fraction of sp³-hybridized carbons (Fsp3) is 0.600. The van der Waals surface area contributed by atoms with Crippen molar-refractivity contribution in [2.45, 2.75) is 53.1 Å². The minimum atomic E-state index is 0.113. The molecule has 1 rings (SSSR count). The first kappa shape index (κ1) is 15.5. The lowest BCUT2D eigenvalue weighted by Gasteiger charge is -2.33. The van der Waals surface area contributed by atoms with Gasteiger partial charge in [-0.3, -0.25) is 0 Å². The fourth-order valence-electron chi connectivity index (χ4n) is 2.45. The Balaban J connectivity index is 2.67. The van der Waals surface area contributed by atoms with Crippen LogP contribution >= 0.6 is 15.9 Å². The first-order valence-electron chi connectivity index (χ1n) is 6.38. The summed E-state index contributed by atoms with van der Waals surface area (Å²) in [7, 11) is 0. The monoisotopic (exact) mass is 312 g/mol. The van der Waals surface area contributed by atoms with Crippen molar-refractivity contribution in [1.29, 1.82) is 0 Å². The highest BCUT2D eigenvalue weighted by atomic mass is 79.9. The van der Waals surface area contributed by atoms with Crippen molar-refractivity contribution >= 4 is 21.6 Å². The number of nitrogens with two attached hydrogens (primary N) is 1. The molecule has 0 aliphatic rings. The molecular formula is C15H25BrN2. The molecule has 0 fully saturated rings. The lowest BCUT2D eigenvalue weighted by Crippen LogP contribution is -2.41. The van der Waals surface area contributed by atoms with E-state index < -0.39 is 0 Å². The second-order valence-electron chi connectivity index (χ2n) is 6.83. The third-order valence-corrected chi connectivity index (χ3v) is 3.57. The third kappa shape index (κ3) is 5.40. The van der Waals surface area contributed by atoms with Gasteiger partial charge in [0.2, 0.25) is 0 Å². The molecule has 1 aromatic rings. The molecule has 0 aliphatic heterocycles. The van der Waals surface area contributed by atoms with Gasteiger partial charge in [-0.2, -0.15) is 0 Å². The summed E-state index contributed by atoms with van der Waals surface area (Å²) in [5, 5.41) is 3.61. The molecule has 0 amide bonds. The molecule has 0 aliphatic carbocycles. The van der Waals surface area contributed by atoms with E-state index in [9.17, 15) is 0 Å². The van der Waals surface area contributed by atoms with E-state index in [4.69, 9.17) is 5.73 Å². The molecule has 0 bridgehead atoms. The molecule has 2 nitrogen and oxygen atoms in total. The van der Waals surface area contributed by atoms with E-state index in [2.05, 4.69) is 55.9 Å². The standard InChI is InChI=1S/C15H25BrN2/c1-14(2,3)10-15(4,5)18-9-11-8-12(17)6-7-13(11)16/h6-8,18H,9-10,17H2,1-5H3. The molecule has 0 aromatic heterocycles. The van der Waals surface area contributed by atoms with Crippen molar-refractivity contribution in [2.24, 2.45) is 5.41 Å². The molecule has 0 saturated carbocycles. The Kier molecular flexibility index (Phi) is 4.84. The van der Waals surface area contributed by atoms with E-state index in [1.54, 1.807) is 0 Å². The molecule has 102 valence electrons. The molecule has 0 atom stereocenters. The van der Waals surface area contributed by atoms with E-state index in [0.717, 1.165) is 23.1 Å². The predicted octanol–water partition coefficient (Wildman–Crippen LogP) is 4.34. The zero-order chi connectivity index (χ0) is 14.0. The average Bonchev–Trinajstić information content (AvgIpc) is 2.16. The van der Waals surface area contributed by atoms with Gasteiger partial charge in [-0.25, -0.2) is 0 Å². The summed E-state index contributed by atoms with van der Waals surface area (Å²) in [5.41, 5.74) is 8.27. The summed E-state index contributed by atoms with van der Waals surface area (Å²) in [6.45, 7) is 12.1. The SMILES string of the molecule is CC(C)(C)CC(C)(C)NCc1cc(N)ccc1Br. The smallest absolute Gasteiger partial charge is 0.0318 e. The third-order valence-electron chi connectivity index (χ3n) is 2.80. The highest BCUT2D eigenvalue weighted by Gasteiger charge is 2.24. The van der Waals surface area contributed by atoms with E-state index in [1.165, 1.54) is 5.56 Å². The van der Waals surface area contributed by atoms with Crippen LogP contribution in [0.15, 0.2) is 22.7 Å². The van der Waals surface area contributed by atoms with Crippen molar-refractivity contribution < 1.29 is 0 Å². The van der Waals surface area contributed by atoms with Gasteiger partial charge in [0.1, 0.15) is 0 Å². The molecule has 0 saturated heterocycles. The maximum Gasteiger partial charge on any atom is 0.0318 e. The van der Waals surface area contributed by atoms with Crippen molar-refractivity contribution in [2.75, 3.05) is 5.73 Å². The molecule has 0 spiro atoms. The lowest BCUT2D eigenvalue weighted by molar-refractivity contribution is 0.240. The molecular weight excluding hydrogens is 288 g/mol. The zero-order valence-corrected chi connectivity index (χ0v) is 13.7. The Morgan fingerprint density at radius 1 is 1.17 bits per heavy atom. The molecule has 0 unspecified atom stereocenters. The van der Waals surface area contributed by atoms with Crippen molar-refractivity contribution in [1.82, 2.24) is 5.32 Å². The number of nitrogens with one attached hydrogen (secondary N) is 1. The van der Waals surface area contributed by atoms with E-state index in [1.807, 2.05) is 18.2 Å². The van der Waals surface area contributed by atoms with Crippen LogP contribution in [0.4, 0.5) is 5.69 Å². The topological polar surface area (TPSA) is 38.0 Å². The first-order valence-corrected chi connectivity index (χ1v) is 7.17. The van der Waals surface area contributed by atoms with Gasteiger partial charge in [0.05, 0.1) is 0 Å². The quantitative estimate of drug-likeness (QED) is 0.812. The number of rotatable bonds is 4. The fourth-order valence-corrected chi connectivity index (χ4v) is 2.84. The Morgan fingerprint density at radius 2 is 1.78 bits per heavy atom. The number of anilines is 1. The van der Waals surface area contributed by atoms with Crippen LogP contribution in [0.1, 0.15) is 46.6 Å². The van der Waals surface area contributed by atoms with E-state index in [0.29, 0.717) is 5.41 Å². The Hall–Kier alpha value is -0.540. The van der Waals surface area contributed by atoms with E-state index >= 15 is 0 Å². The predicted molar refractivity (Wildman–Crippen MR) is 83.5 cm³/mol. The largest absolute Gasteiger partial charge is 0.399 e. The second kappa shape index (κ2) is 5.62. The number of hydrogen-bond donors (Lipinski definition) is 2. The van der Waals surface area contributed by atoms with Crippen LogP contribution in [0.2, 0.25) is 0 Å². The van der Waals surface area contributed by atoms with Gasteiger partial charge in [0.15, 0.2) is 0 Å². The van der Waals surface area contributed by atoms with Crippen LogP contribution < -0.4 is 11.1 Å². The number of nitrogen functional groups attached to an aromatic ring is 1. The van der Waals surface area contributed by atoms with Crippen LogP contribution in [0, 0.1) is 5.41 Å². The number of halogens is 1. The van der Waals surface area contributed by atoms with Crippen LogP contribution in [0.25, 0.3) is 0 Å². The first-order chi connectivity index (χ1) is 8.09. The summed E-state index contributed by atoms with van der Waals surface area (Å²) >= 11 is 3.56. The Bertz CT molecular complexity index is 405. The summed E-state index contributed by atoms with van der Waals surface area (Å²) < 4.78 is 1.11. The summed E-state index contributed by atoms with van der Waals surface area (Å²) in [6, 6.07) is 5.93. The second-order valence-corrected chi connectivity index (χ2v) is 7.68. The summed E-state index contributed by atoms with van der Waals surface area (Å²) in [6.07, 6.45) is 1.12. The highest BCUT2D eigenvalue weighted by Crippen LogP contribution is 2.27. The molecule has 0 heterocycles. The Morgan fingerprint density at radius 3 is 2.33 bits per heavy atom. The van der Waals surface area contributed by atoms with Crippen LogP contribution in [-0.4, -0.2) is 5.54 Å². The van der Waals surface area contributed by atoms with Gasteiger partial charge in [-0.1, -0.05) is 36.7 Å². The van der Waals surface area contributed by atoms with Crippen LogP contribution in [0.3, 0.4) is 0 Å². The van der Waals surface area contributed by atoms with Gasteiger partial charge < -0.3 is 11.1 Å². The van der Waals surface area contributed by atoms with Crippen molar-refractivity contribution in [3.05, 3.63) is 28.2 Å². The van der Waals surface area contributed by atoms with Crippen LogP contribution in [-0.2, 0) is 6.54 Å². The molecule has 3 N–H and O–H groups in total. The van der Waals surface area contributed by atoms with Gasteiger partial charge in [0.25, 0.3) is 0 Å². The van der Waals surface area contributed by atoms with Gasteiger partial charge >= 0.3 is 0 Å². The van der Waals surface area contributed by atoms with Gasteiger partial charge in [-0.05, 0) is 49.4 Å². The van der Waals surface area contributed by atoms with Gasteiger partial charge in [0, 0.05) is 22.2 Å². The minimum absolute atomic E-state index is 0.113. The molecule has 1 aromatic carbocycles. The lowest BCUT2D eigenvalue weighted by atomic mass is 9.82. The van der Waals surface area contributed by atoms with E-state index in [-0.39, 0.29) is 5.54 Å². The molecule has 18 heavy (non-hydrogen) atoms. The zero-order valence-electron chi connectivity index (χ0n) is 12.1. The molecule has 0 radical (unpaired) electrons. The van der Waals surface area contributed by atoms with Crippen LogP contribution in [0.5, 0.6) is 0 Å². The van der Waals surface area contributed by atoms with Gasteiger partial charge in [-0.15, -0.1) is 0 Å². The van der Waals surface area contributed by atoms with Crippen molar-refractivity contribution in [3.63, 3.8) is 0 Å². The Labute approximate surface area is 119 Å². The normalized spacial score (nSPS) is 12.8. The minimum Gasteiger partial charge on any atom is -0.399 e. The maximum atomic E-state index is 5.82. The number of benzene rings is 1. The average molecular weight is 313 g/mol. The highest BCUT2D eigenvalue weighted by molar-refractivity contribution is 9.10. The maximum absolute atomic E-state index is 5.82. The molecule has 3 heteroatoms. The summed E-state index contributed by atoms with van der Waals surface area (Å²) in [4.78, 5) is 0. The van der Waals surface area contributed by atoms with Crippen molar-refractivity contribution in [3.8, 4) is 0 Å².